The zero-order chi connectivity index (χ0) is 24.7. The molecule has 1 N–H and O–H groups in total. The van der Waals surface area contributed by atoms with Crippen molar-refractivity contribution in [2.24, 2.45) is 4.99 Å². The Morgan fingerprint density at radius 3 is 2.56 bits per heavy atom. The van der Waals surface area contributed by atoms with Crippen LogP contribution in [-0.2, 0) is 14.3 Å². The molecule has 0 radical (unpaired) electrons. The Labute approximate surface area is 202 Å². The number of aliphatic imine (C=N–C) groups is 1. The zero-order valence-corrected chi connectivity index (χ0v) is 21.3. The molecule has 34 heavy (non-hydrogen) atoms. The van der Waals surface area contributed by atoms with Gasteiger partial charge in [0, 0.05) is 23.5 Å². The maximum Gasteiger partial charge on any atom is 0.410 e. The minimum Gasteiger partial charge on any atom is -0.444 e. The second-order valence-corrected chi connectivity index (χ2v) is 9.48. The van der Waals surface area contributed by atoms with Gasteiger partial charge in [-0.15, -0.1) is 0 Å². The van der Waals surface area contributed by atoms with E-state index < -0.39 is 0 Å². The Morgan fingerprint density at radius 1 is 1.21 bits per heavy atom. The molecule has 9 heteroatoms. The molecule has 2 saturated heterocycles. The van der Waals surface area contributed by atoms with Crippen molar-refractivity contribution < 1.29 is 19.1 Å². The first kappa shape index (κ1) is 26.0. The molecule has 0 aliphatic carbocycles. The highest BCUT2D eigenvalue weighted by molar-refractivity contribution is 5.79. The van der Waals surface area contributed by atoms with Gasteiger partial charge in [0.15, 0.2) is 0 Å². The molecule has 1 aromatic carbocycles. The molecular formula is C25H39N5O4. The van der Waals surface area contributed by atoms with Gasteiger partial charge < -0.3 is 14.4 Å². The number of piperidine rings is 1. The van der Waals surface area contributed by atoms with Crippen LogP contribution in [0.4, 0.5) is 4.79 Å². The van der Waals surface area contributed by atoms with Gasteiger partial charge >= 0.3 is 6.09 Å². The fraction of sp³-hybridized carbons (Fsp3) is 0.640. The van der Waals surface area contributed by atoms with E-state index >= 15 is 0 Å². The van der Waals surface area contributed by atoms with Gasteiger partial charge in [0.2, 0.25) is 6.23 Å². The predicted molar refractivity (Wildman–Crippen MR) is 133 cm³/mol. The molecule has 4 heterocycles. The van der Waals surface area contributed by atoms with E-state index in [-0.39, 0.29) is 17.9 Å². The van der Waals surface area contributed by atoms with Gasteiger partial charge in [-0.05, 0) is 53.0 Å². The van der Waals surface area contributed by atoms with Crippen LogP contribution in [0.3, 0.4) is 0 Å². The number of carbonyl (C=O) groups is 1. The molecule has 1 amide bonds. The largest absolute Gasteiger partial charge is 0.444 e. The lowest BCUT2D eigenvalue weighted by Crippen LogP contribution is -2.44. The van der Waals surface area contributed by atoms with Crippen LogP contribution >= 0.6 is 0 Å². The van der Waals surface area contributed by atoms with Crippen LogP contribution in [0.5, 0.6) is 0 Å². The quantitative estimate of drug-likeness (QED) is 0.661. The van der Waals surface area contributed by atoms with Crippen molar-refractivity contribution in [1.82, 2.24) is 20.2 Å². The molecule has 2 fully saturated rings. The van der Waals surface area contributed by atoms with Gasteiger partial charge in [0.25, 0.3) is 0 Å². The minimum atomic E-state index is -0.381. The highest BCUT2D eigenvalue weighted by Crippen LogP contribution is 2.27. The van der Waals surface area contributed by atoms with Gasteiger partial charge in [0.05, 0.1) is 31.0 Å². The van der Waals surface area contributed by atoms with Crippen LogP contribution in [0, 0.1) is 0 Å². The van der Waals surface area contributed by atoms with E-state index in [9.17, 15) is 4.79 Å². The Hall–Kier alpha value is -2.65. The van der Waals surface area contributed by atoms with E-state index in [0.29, 0.717) is 12.1 Å². The van der Waals surface area contributed by atoms with Crippen molar-refractivity contribution in [3.05, 3.63) is 30.0 Å². The van der Waals surface area contributed by atoms with E-state index in [1.165, 1.54) is 6.42 Å². The fourth-order valence-electron chi connectivity index (χ4n) is 3.93. The van der Waals surface area contributed by atoms with E-state index in [1.807, 2.05) is 62.5 Å². The summed E-state index contributed by atoms with van der Waals surface area (Å²) < 4.78 is 12.6. The standard InChI is InChI=1S/C12H12N4O2.C11H21NO2.C2H6/c1-2-9-4-14-16(10-5-17-6-10)11(9)3-8(1)12-13-7-15-18-12;1-9-7-5-6-8-12(9)10(13)14-11(2,3)4;1-2/h1-4,7,10,12H,5-6H2,(H,13,15);9H,5-8H2,1-4H3;1-2H3/t;9-;/m.0./s1. The van der Waals surface area contributed by atoms with Gasteiger partial charge in [-0.25, -0.2) is 14.6 Å². The summed E-state index contributed by atoms with van der Waals surface area (Å²) in [5.74, 6) is 0. The number of benzene rings is 1. The zero-order valence-electron chi connectivity index (χ0n) is 21.3. The lowest BCUT2D eigenvalue weighted by atomic mass is 10.0. The number of aromatic nitrogens is 2. The predicted octanol–water partition coefficient (Wildman–Crippen LogP) is 4.99. The summed E-state index contributed by atoms with van der Waals surface area (Å²) in [6.07, 6.45) is 6.43. The summed E-state index contributed by atoms with van der Waals surface area (Å²) in [6.45, 7) is 14.1. The number of rotatable bonds is 2. The number of nitrogens with zero attached hydrogens (tertiary/aromatic N) is 4. The van der Waals surface area contributed by atoms with Crippen LogP contribution in [0.25, 0.3) is 10.9 Å². The van der Waals surface area contributed by atoms with Gasteiger partial charge in [-0.3, -0.25) is 10.2 Å². The fourth-order valence-corrected chi connectivity index (χ4v) is 3.93. The maximum absolute atomic E-state index is 11.7. The smallest absolute Gasteiger partial charge is 0.410 e. The molecule has 9 nitrogen and oxygen atoms in total. The number of hydroxylamine groups is 1. The normalized spacial score (nSPS) is 22.1. The number of fused-ring (bicyclic) bond motifs is 1. The Morgan fingerprint density at radius 2 is 1.97 bits per heavy atom. The molecule has 5 rings (SSSR count). The molecule has 0 bridgehead atoms. The lowest BCUT2D eigenvalue weighted by Gasteiger charge is -2.34. The molecule has 2 atom stereocenters. The van der Waals surface area contributed by atoms with Crippen LogP contribution < -0.4 is 5.48 Å². The first-order valence-electron chi connectivity index (χ1n) is 12.3. The minimum absolute atomic E-state index is 0.162. The van der Waals surface area contributed by atoms with Crippen LogP contribution in [0.15, 0.2) is 29.4 Å². The first-order valence-corrected chi connectivity index (χ1v) is 12.3. The number of amides is 1. The Balaban J connectivity index is 0.000000184. The first-order chi connectivity index (χ1) is 16.3. The van der Waals surface area contributed by atoms with Crippen molar-refractivity contribution in [1.29, 1.82) is 0 Å². The second-order valence-electron chi connectivity index (χ2n) is 9.48. The van der Waals surface area contributed by atoms with Gasteiger partial charge in [-0.1, -0.05) is 26.0 Å². The third kappa shape index (κ3) is 6.48. The Kier molecular flexibility index (Phi) is 8.90. The van der Waals surface area contributed by atoms with Crippen molar-refractivity contribution in [3.8, 4) is 0 Å². The summed E-state index contributed by atoms with van der Waals surface area (Å²) >= 11 is 0. The molecule has 188 valence electrons. The summed E-state index contributed by atoms with van der Waals surface area (Å²) in [5.41, 5.74) is 4.38. The van der Waals surface area contributed by atoms with Gasteiger partial charge in [-0.2, -0.15) is 5.10 Å². The Bertz CT molecular complexity index is 964. The number of ether oxygens (including phenoxy) is 2. The highest BCUT2D eigenvalue weighted by Gasteiger charge is 2.27. The third-order valence-electron chi connectivity index (χ3n) is 5.75. The molecule has 3 aliphatic rings. The molecule has 2 aromatic rings. The lowest BCUT2D eigenvalue weighted by molar-refractivity contribution is -0.0266. The van der Waals surface area contributed by atoms with Crippen LogP contribution in [0.1, 0.15) is 78.6 Å². The highest BCUT2D eigenvalue weighted by atomic mass is 16.7. The molecule has 0 spiro atoms. The molecular weight excluding hydrogens is 434 g/mol. The third-order valence-corrected chi connectivity index (χ3v) is 5.75. The summed E-state index contributed by atoms with van der Waals surface area (Å²) in [6, 6.07) is 6.82. The molecule has 0 saturated carbocycles. The number of carbonyl (C=O) groups excluding carboxylic acids is 1. The average Bonchev–Trinajstić information content (AvgIpc) is 3.44. The maximum atomic E-state index is 11.7. The van der Waals surface area contributed by atoms with E-state index in [0.717, 1.165) is 49.1 Å². The summed E-state index contributed by atoms with van der Waals surface area (Å²) in [5, 5.41) is 5.55. The molecule has 1 unspecified atom stereocenters. The molecule has 1 aromatic heterocycles. The van der Waals surface area contributed by atoms with Crippen molar-refractivity contribution in [2.45, 2.75) is 84.7 Å². The van der Waals surface area contributed by atoms with Crippen molar-refractivity contribution in [3.63, 3.8) is 0 Å². The van der Waals surface area contributed by atoms with Gasteiger partial charge in [0.1, 0.15) is 11.9 Å². The van der Waals surface area contributed by atoms with Crippen molar-refractivity contribution in [2.75, 3.05) is 19.8 Å². The summed E-state index contributed by atoms with van der Waals surface area (Å²) in [7, 11) is 0. The number of likely N-dealkylation sites (tertiary alicyclic amines) is 1. The monoisotopic (exact) mass is 473 g/mol. The molecule has 3 aliphatic heterocycles. The number of hydrogen-bond acceptors (Lipinski definition) is 7. The van der Waals surface area contributed by atoms with Crippen LogP contribution in [-0.4, -0.2) is 58.5 Å². The van der Waals surface area contributed by atoms with E-state index in [1.54, 1.807) is 6.34 Å². The number of nitrogens with one attached hydrogen (secondary N) is 1. The summed E-state index contributed by atoms with van der Waals surface area (Å²) in [4.78, 5) is 23.0. The average molecular weight is 474 g/mol. The SMILES string of the molecule is C1=NC(c2ccc3cnn(C4COC4)c3c2)ON1.CC.C[C@H]1CCCCN1C(=O)OC(C)(C)C. The van der Waals surface area contributed by atoms with E-state index in [4.69, 9.17) is 14.3 Å². The second kappa shape index (κ2) is 11.7. The topological polar surface area (TPSA) is 90.2 Å². The van der Waals surface area contributed by atoms with Crippen LogP contribution in [0.2, 0.25) is 0 Å². The van der Waals surface area contributed by atoms with Crippen molar-refractivity contribution >= 4 is 23.3 Å². The number of hydrogen-bond donors (Lipinski definition) is 1. The van der Waals surface area contributed by atoms with E-state index in [2.05, 4.69) is 28.6 Å².